The monoisotopic (exact) mass is 513 g/mol. The third-order valence-corrected chi connectivity index (χ3v) is 6.34. The fourth-order valence-corrected chi connectivity index (χ4v) is 4.40. The van der Waals surface area contributed by atoms with Crippen molar-refractivity contribution in [3.63, 3.8) is 0 Å². The molecule has 0 radical (unpaired) electrons. The Kier molecular flexibility index (Phi) is 9.78. The van der Waals surface area contributed by atoms with Crippen LogP contribution in [0.1, 0.15) is 20.3 Å². The van der Waals surface area contributed by atoms with Gasteiger partial charge < -0.3 is 69.9 Å². The quantitative estimate of drug-likeness (QED) is 0.155. The van der Waals surface area contributed by atoms with E-state index in [2.05, 4.69) is 5.32 Å². The van der Waals surface area contributed by atoms with Crippen LogP contribution in [0.25, 0.3) is 0 Å². The Morgan fingerprint density at radius 3 is 2.09 bits per heavy atom. The number of amides is 1. The van der Waals surface area contributed by atoms with E-state index < -0.39 is 105 Å². The average molecular weight is 513 g/mol. The molecule has 3 saturated heterocycles. The molecule has 0 aromatic heterocycles. The van der Waals surface area contributed by atoms with Gasteiger partial charge in [-0.25, -0.2) is 0 Å². The minimum absolute atomic E-state index is 0.166. The Morgan fingerprint density at radius 2 is 1.51 bits per heavy atom. The predicted octanol–water partition coefficient (Wildman–Crippen LogP) is -5.37. The van der Waals surface area contributed by atoms with Gasteiger partial charge in [0, 0.05) is 13.3 Å². The number of aliphatic hydroxyl groups excluding tert-OH is 8. The molecule has 1 unspecified atom stereocenters. The highest BCUT2D eigenvalue weighted by molar-refractivity contribution is 5.73. The van der Waals surface area contributed by atoms with Crippen LogP contribution >= 0.6 is 0 Å². The van der Waals surface area contributed by atoms with Gasteiger partial charge in [-0.05, 0) is 6.92 Å². The first kappa shape index (κ1) is 28.5. The summed E-state index contributed by atoms with van der Waals surface area (Å²) in [6, 6.07) is -1.33. The Hall–Kier alpha value is -1.05. The van der Waals surface area contributed by atoms with Crippen molar-refractivity contribution in [1.82, 2.24) is 5.32 Å². The standard InChI is InChI=1S/C20H35NO14/c1-6-13(26)8(25)3-11(31-6)34-17-10(5-23)32-19(30)12(21-7(2)24)18(17)35-20-16(29)15(28)14(27)9(4-22)33-20/h6,8-20,22-23,25-30H,3-5H2,1-2H3,(H,21,24)/t6-,8-,9+,10+,11-,12+,13+,14-,15-,16+,17+,18+,19?,20-/m0/s1. The van der Waals surface area contributed by atoms with Gasteiger partial charge >= 0.3 is 0 Å². The molecule has 0 aliphatic carbocycles. The van der Waals surface area contributed by atoms with Crippen molar-refractivity contribution >= 4 is 5.91 Å². The average Bonchev–Trinajstić information content (AvgIpc) is 2.80. The van der Waals surface area contributed by atoms with Gasteiger partial charge in [-0.1, -0.05) is 0 Å². The van der Waals surface area contributed by atoms with E-state index in [-0.39, 0.29) is 6.42 Å². The third-order valence-electron chi connectivity index (χ3n) is 6.34. The molecule has 15 nitrogen and oxygen atoms in total. The van der Waals surface area contributed by atoms with Crippen LogP contribution in [0.4, 0.5) is 0 Å². The van der Waals surface area contributed by atoms with Crippen molar-refractivity contribution in [2.75, 3.05) is 13.2 Å². The van der Waals surface area contributed by atoms with Crippen LogP contribution in [-0.2, 0) is 28.5 Å². The Bertz CT molecular complexity index is 687. The molecule has 0 aromatic rings. The van der Waals surface area contributed by atoms with Crippen LogP contribution in [-0.4, -0.2) is 146 Å². The summed E-state index contributed by atoms with van der Waals surface area (Å²) in [5, 5.41) is 82.9. The lowest BCUT2D eigenvalue weighted by Gasteiger charge is -2.48. The van der Waals surface area contributed by atoms with Gasteiger partial charge in [0.1, 0.15) is 54.9 Å². The van der Waals surface area contributed by atoms with Crippen molar-refractivity contribution in [2.24, 2.45) is 0 Å². The summed E-state index contributed by atoms with van der Waals surface area (Å²) in [5.41, 5.74) is 0. The summed E-state index contributed by atoms with van der Waals surface area (Å²) < 4.78 is 28.1. The van der Waals surface area contributed by atoms with E-state index in [1.54, 1.807) is 0 Å². The van der Waals surface area contributed by atoms with Crippen LogP contribution in [0.15, 0.2) is 0 Å². The molecular formula is C20H35NO14. The zero-order valence-electron chi connectivity index (χ0n) is 19.2. The maximum Gasteiger partial charge on any atom is 0.217 e. The lowest BCUT2D eigenvalue weighted by molar-refractivity contribution is -0.361. The molecule has 0 saturated carbocycles. The smallest absolute Gasteiger partial charge is 0.217 e. The number of hydrogen-bond acceptors (Lipinski definition) is 14. The van der Waals surface area contributed by atoms with Gasteiger partial charge in [-0.3, -0.25) is 4.79 Å². The van der Waals surface area contributed by atoms with E-state index in [4.69, 9.17) is 23.7 Å². The van der Waals surface area contributed by atoms with Gasteiger partial charge in [-0.2, -0.15) is 0 Å². The van der Waals surface area contributed by atoms with E-state index >= 15 is 0 Å². The van der Waals surface area contributed by atoms with Crippen molar-refractivity contribution in [1.29, 1.82) is 0 Å². The number of carbonyl (C=O) groups is 1. The summed E-state index contributed by atoms with van der Waals surface area (Å²) in [4.78, 5) is 11.8. The summed E-state index contributed by atoms with van der Waals surface area (Å²) >= 11 is 0. The van der Waals surface area contributed by atoms with E-state index in [9.17, 15) is 45.6 Å². The van der Waals surface area contributed by atoms with Gasteiger partial charge in [0.2, 0.25) is 5.91 Å². The first-order chi connectivity index (χ1) is 16.5. The lowest BCUT2D eigenvalue weighted by Crippen LogP contribution is -2.68. The van der Waals surface area contributed by atoms with Crippen LogP contribution in [0, 0.1) is 0 Å². The molecular weight excluding hydrogens is 478 g/mol. The second kappa shape index (κ2) is 12.0. The van der Waals surface area contributed by atoms with E-state index in [0.717, 1.165) is 6.92 Å². The van der Waals surface area contributed by atoms with Crippen molar-refractivity contribution in [3.05, 3.63) is 0 Å². The highest BCUT2D eigenvalue weighted by atomic mass is 16.7. The fraction of sp³-hybridized carbons (Fsp3) is 0.950. The molecule has 204 valence electrons. The number of carbonyl (C=O) groups excluding carboxylic acids is 1. The predicted molar refractivity (Wildman–Crippen MR) is 110 cm³/mol. The zero-order chi connectivity index (χ0) is 26.0. The van der Waals surface area contributed by atoms with Gasteiger partial charge in [-0.15, -0.1) is 0 Å². The third kappa shape index (κ3) is 6.27. The highest BCUT2D eigenvalue weighted by Gasteiger charge is 2.53. The maximum absolute atomic E-state index is 11.8. The molecule has 3 rings (SSSR count). The maximum atomic E-state index is 11.8. The highest BCUT2D eigenvalue weighted by Crippen LogP contribution is 2.32. The number of ether oxygens (including phenoxy) is 5. The Morgan fingerprint density at radius 1 is 0.857 bits per heavy atom. The number of hydrogen-bond donors (Lipinski definition) is 9. The summed E-state index contributed by atoms with van der Waals surface area (Å²) in [6.45, 7) is 1.27. The summed E-state index contributed by atoms with van der Waals surface area (Å²) in [7, 11) is 0. The van der Waals surface area contributed by atoms with E-state index in [1.807, 2.05) is 0 Å². The number of rotatable bonds is 7. The Balaban J connectivity index is 1.89. The van der Waals surface area contributed by atoms with Crippen molar-refractivity contribution in [2.45, 2.75) is 106 Å². The molecule has 14 atom stereocenters. The molecule has 3 aliphatic rings. The summed E-state index contributed by atoms with van der Waals surface area (Å²) in [6.07, 6.45) is -18.3. The fourth-order valence-electron chi connectivity index (χ4n) is 4.40. The lowest BCUT2D eigenvalue weighted by atomic mass is 9.94. The molecule has 35 heavy (non-hydrogen) atoms. The van der Waals surface area contributed by atoms with E-state index in [1.165, 1.54) is 6.92 Å². The first-order valence-electron chi connectivity index (χ1n) is 11.3. The van der Waals surface area contributed by atoms with E-state index in [0.29, 0.717) is 0 Å². The molecule has 1 amide bonds. The molecule has 3 aliphatic heterocycles. The molecule has 3 fully saturated rings. The molecule has 9 N–H and O–H groups in total. The molecule has 0 bridgehead atoms. The van der Waals surface area contributed by atoms with Crippen LogP contribution in [0.2, 0.25) is 0 Å². The van der Waals surface area contributed by atoms with Crippen LogP contribution in [0.5, 0.6) is 0 Å². The first-order valence-corrected chi connectivity index (χ1v) is 11.3. The minimum atomic E-state index is -1.80. The van der Waals surface area contributed by atoms with Gasteiger partial charge in [0.25, 0.3) is 0 Å². The largest absolute Gasteiger partial charge is 0.394 e. The summed E-state index contributed by atoms with van der Waals surface area (Å²) in [5.74, 6) is -0.595. The second-order valence-electron chi connectivity index (χ2n) is 8.94. The minimum Gasteiger partial charge on any atom is -0.394 e. The molecule has 0 aromatic carbocycles. The second-order valence-corrected chi connectivity index (χ2v) is 8.94. The molecule has 15 heteroatoms. The van der Waals surface area contributed by atoms with Crippen LogP contribution < -0.4 is 5.32 Å². The normalized spacial score (nSPS) is 49.0. The zero-order valence-corrected chi connectivity index (χ0v) is 19.2. The molecule has 0 spiro atoms. The SMILES string of the molecule is CC(=O)N[C@H]1C(O)O[C@H](CO)[C@@H](O[C@H]2C[C@H](O)[C@H](O)[C@H](C)O2)[C@@H]1O[C@@H]1O[C@H](CO)[C@H](O)[C@H](O)[C@H]1O. The topological polar surface area (TPSA) is 237 Å². The van der Waals surface area contributed by atoms with Crippen molar-refractivity contribution < 1.29 is 69.3 Å². The number of nitrogens with one attached hydrogen (secondary N) is 1. The van der Waals surface area contributed by atoms with Gasteiger partial charge in [0.15, 0.2) is 18.9 Å². The van der Waals surface area contributed by atoms with Crippen molar-refractivity contribution in [3.8, 4) is 0 Å². The Labute approximate surface area is 200 Å². The van der Waals surface area contributed by atoms with Crippen LogP contribution in [0.3, 0.4) is 0 Å². The molecule has 3 heterocycles. The number of aliphatic hydroxyl groups is 8. The van der Waals surface area contributed by atoms with Gasteiger partial charge in [0.05, 0.1) is 25.4 Å².